The molecule has 3 atom stereocenters. The van der Waals surface area contributed by atoms with Crippen molar-refractivity contribution in [1.29, 1.82) is 0 Å². The number of aliphatic carboxylic acids is 1. The maximum atomic E-state index is 11.1. The molecule has 0 heterocycles. The summed E-state index contributed by atoms with van der Waals surface area (Å²) in [5, 5.41) is 12.6. The molecular weight excluding hydrogens is 262 g/mol. The molecule has 116 valence electrons. The second kappa shape index (κ2) is 7.48. The summed E-state index contributed by atoms with van der Waals surface area (Å²) in [4.78, 5) is 11.1. The molecule has 0 amide bonds. The highest BCUT2D eigenvalue weighted by molar-refractivity contribution is 5.76. The Hall–Kier alpha value is -1.51. The highest BCUT2D eigenvalue weighted by Crippen LogP contribution is 2.42. The van der Waals surface area contributed by atoms with Crippen LogP contribution >= 0.6 is 0 Å². The summed E-state index contributed by atoms with van der Waals surface area (Å²) in [5.74, 6) is 0.628. The first-order chi connectivity index (χ1) is 10.2. The average molecular weight is 289 g/mol. The fraction of sp³-hybridized carbons (Fsp3) is 0.611. The highest BCUT2D eigenvalue weighted by atomic mass is 16.4. The maximum absolute atomic E-state index is 11.1. The molecule has 1 saturated carbocycles. The smallest absolute Gasteiger partial charge is 0.310 e. The van der Waals surface area contributed by atoms with Gasteiger partial charge in [-0.05, 0) is 42.4 Å². The molecule has 0 spiro atoms. The monoisotopic (exact) mass is 289 g/mol. The van der Waals surface area contributed by atoms with E-state index < -0.39 is 5.97 Å². The number of nitrogens with one attached hydrogen (secondary N) is 1. The van der Waals surface area contributed by atoms with Crippen molar-refractivity contribution in [3.63, 3.8) is 0 Å². The Bertz CT molecular complexity index is 455. The Morgan fingerprint density at radius 1 is 1.29 bits per heavy atom. The molecule has 1 aromatic carbocycles. The van der Waals surface area contributed by atoms with Gasteiger partial charge < -0.3 is 10.4 Å². The Morgan fingerprint density at radius 3 is 2.57 bits per heavy atom. The van der Waals surface area contributed by atoms with E-state index in [9.17, 15) is 4.79 Å². The summed E-state index contributed by atoms with van der Waals surface area (Å²) < 4.78 is 0. The zero-order valence-electron chi connectivity index (χ0n) is 13.1. The number of rotatable bonds is 9. The average Bonchev–Trinajstić information content (AvgIpc) is 3.23. The number of carboxylic acids is 1. The van der Waals surface area contributed by atoms with E-state index in [-0.39, 0.29) is 5.92 Å². The van der Waals surface area contributed by atoms with E-state index >= 15 is 0 Å². The Labute approximate surface area is 127 Å². The predicted molar refractivity (Wildman–Crippen MR) is 86.7 cm³/mol. The molecule has 21 heavy (non-hydrogen) atoms. The third-order valence-electron chi connectivity index (χ3n) is 4.59. The predicted octanol–water partition coefficient (Wildman–Crippen LogP) is 4.50. The fourth-order valence-electron chi connectivity index (χ4n) is 3.02. The summed E-state index contributed by atoms with van der Waals surface area (Å²) in [6.45, 7) is 5.20. The standard InChI is InChI=1S/C18H27NO2/c1-3-5-6-14-11-15(14)12-19-16-9-7-13(8-10-16)17(4-2)18(20)21/h7-10,14-15,17,19H,3-6,11-12H2,1-2H3,(H,20,21). The lowest BCUT2D eigenvalue weighted by atomic mass is 9.96. The van der Waals surface area contributed by atoms with Gasteiger partial charge in [-0.15, -0.1) is 0 Å². The molecule has 0 saturated heterocycles. The fourth-order valence-corrected chi connectivity index (χ4v) is 3.02. The van der Waals surface area contributed by atoms with Gasteiger partial charge in [-0.1, -0.05) is 45.2 Å². The minimum absolute atomic E-state index is 0.388. The molecule has 0 aliphatic heterocycles. The number of carbonyl (C=O) groups is 1. The highest BCUT2D eigenvalue weighted by Gasteiger charge is 2.35. The number of carboxylic acid groups (broad SMARTS) is 1. The van der Waals surface area contributed by atoms with Gasteiger partial charge in [0.25, 0.3) is 0 Å². The molecule has 3 heteroatoms. The lowest BCUT2D eigenvalue weighted by molar-refractivity contribution is -0.138. The Kier molecular flexibility index (Phi) is 5.66. The number of benzene rings is 1. The second-order valence-corrected chi connectivity index (χ2v) is 6.20. The van der Waals surface area contributed by atoms with E-state index in [0.717, 1.165) is 29.6 Å². The lowest BCUT2D eigenvalue weighted by Gasteiger charge is -2.12. The number of anilines is 1. The molecule has 1 aromatic rings. The van der Waals surface area contributed by atoms with Crippen molar-refractivity contribution in [1.82, 2.24) is 0 Å². The zero-order valence-corrected chi connectivity index (χ0v) is 13.1. The lowest BCUT2D eigenvalue weighted by Crippen LogP contribution is -2.10. The maximum Gasteiger partial charge on any atom is 0.310 e. The van der Waals surface area contributed by atoms with Crippen LogP contribution in [0.4, 0.5) is 5.69 Å². The summed E-state index contributed by atoms with van der Waals surface area (Å²) in [7, 11) is 0. The van der Waals surface area contributed by atoms with Crippen molar-refractivity contribution in [2.45, 2.75) is 51.9 Å². The largest absolute Gasteiger partial charge is 0.481 e. The Balaban J connectivity index is 1.79. The van der Waals surface area contributed by atoms with E-state index in [0.29, 0.717) is 6.42 Å². The SMILES string of the molecule is CCCCC1CC1CNc1ccc(C(CC)C(=O)O)cc1. The molecule has 2 N–H and O–H groups in total. The van der Waals surface area contributed by atoms with E-state index in [4.69, 9.17) is 5.11 Å². The normalized spacial score (nSPS) is 21.8. The quantitative estimate of drug-likeness (QED) is 0.703. The second-order valence-electron chi connectivity index (χ2n) is 6.20. The van der Waals surface area contributed by atoms with Crippen LogP contribution in [-0.2, 0) is 4.79 Å². The summed E-state index contributed by atoms with van der Waals surface area (Å²) in [6, 6.07) is 7.88. The summed E-state index contributed by atoms with van der Waals surface area (Å²) >= 11 is 0. The van der Waals surface area contributed by atoms with Gasteiger partial charge in [0.15, 0.2) is 0 Å². The Morgan fingerprint density at radius 2 is 2.00 bits per heavy atom. The summed E-state index contributed by atoms with van der Waals surface area (Å²) in [5.41, 5.74) is 1.99. The van der Waals surface area contributed by atoms with Crippen LogP contribution in [0.2, 0.25) is 0 Å². The first kappa shape index (κ1) is 15.9. The van der Waals surface area contributed by atoms with Gasteiger partial charge in [0.2, 0.25) is 0 Å². The van der Waals surface area contributed by atoms with E-state index in [1.165, 1.54) is 25.7 Å². The van der Waals surface area contributed by atoms with Crippen LogP contribution in [0, 0.1) is 11.8 Å². The van der Waals surface area contributed by atoms with Gasteiger partial charge in [-0.2, -0.15) is 0 Å². The number of hydrogen-bond acceptors (Lipinski definition) is 2. The van der Waals surface area contributed by atoms with E-state index in [2.05, 4.69) is 12.2 Å². The molecule has 0 aromatic heterocycles. The van der Waals surface area contributed by atoms with Crippen LogP contribution < -0.4 is 5.32 Å². The van der Waals surface area contributed by atoms with Crippen molar-refractivity contribution < 1.29 is 9.90 Å². The van der Waals surface area contributed by atoms with Crippen LogP contribution in [0.15, 0.2) is 24.3 Å². The molecule has 1 fully saturated rings. The van der Waals surface area contributed by atoms with E-state index in [1.54, 1.807) is 0 Å². The molecule has 1 aliphatic rings. The van der Waals surface area contributed by atoms with Crippen molar-refractivity contribution in [3.05, 3.63) is 29.8 Å². The molecule has 0 bridgehead atoms. The molecule has 2 rings (SSSR count). The van der Waals surface area contributed by atoms with Crippen molar-refractivity contribution >= 4 is 11.7 Å². The van der Waals surface area contributed by atoms with Crippen molar-refractivity contribution in [2.75, 3.05) is 11.9 Å². The van der Waals surface area contributed by atoms with Gasteiger partial charge in [0.05, 0.1) is 5.92 Å². The molecular formula is C18H27NO2. The van der Waals surface area contributed by atoms with Gasteiger partial charge >= 0.3 is 5.97 Å². The number of unbranched alkanes of at least 4 members (excludes halogenated alkanes) is 1. The van der Waals surface area contributed by atoms with Crippen LogP contribution in [0.1, 0.15) is 57.4 Å². The third kappa shape index (κ3) is 4.48. The van der Waals surface area contributed by atoms with Crippen LogP contribution in [0.3, 0.4) is 0 Å². The first-order valence-corrected chi connectivity index (χ1v) is 8.22. The zero-order chi connectivity index (χ0) is 15.2. The van der Waals surface area contributed by atoms with Gasteiger partial charge in [0.1, 0.15) is 0 Å². The molecule has 3 nitrogen and oxygen atoms in total. The first-order valence-electron chi connectivity index (χ1n) is 8.22. The van der Waals surface area contributed by atoms with Crippen molar-refractivity contribution in [3.8, 4) is 0 Å². The van der Waals surface area contributed by atoms with Gasteiger partial charge in [-0.25, -0.2) is 0 Å². The third-order valence-corrected chi connectivity index (χ3v) is 4.59. The van der Waals surface area contributed by atoms with Crippen LogP contribution in [-0.4, -0.2) is 17.6 Å². The van der Waals surface area contributed by atoms with Gasteiger partial charge in [0, 0.05) is 12.2 Å². The van der Waals surface area contributed by atoms with Crippen LogP contribution in [0.25, 0.3) is 0 Å². The topological polar surface area (TPSA) is 49.3 Å². The molecule has 3 unspecified atom stereocenters. The number of hydrogen-bond donors (Lipinski definition) is 2. The minimum atomic E-state index is -0.741. The van der Waals surface area contributed by atoms with E-state index in [1.807, 2.05) is 31.2 Å². The van der Waals surface area contributed by atoms with Crippen molar-refractivity contribution in [2.24, 2.45) is 11.8 Å². The summed E-state index contributed by atoms with van der Waals surface area (Å²) in [6.07, 6.45) is 6.01. The molecule has 1 aliphatic carbocycles. The van der Waals surface area contributed by atoms with Gasteiger partial charge in [-0.3, -0.25) is 4.79 Å². The molecule has 0 radical (unpaired) electrons. The van der Waals surface area contributed by atoms with Crippen LogP contribution in [0.5, 0.6) is 0 Å². The minimum Gasteiger partial charge on any atom is -0.481 e.